The summed E-state index contributed by atoms with van der Waals surface area (Å²) in [6, 6.07) is 7.65. The van der Waals surface area contributed by atoms with Crippen LogP contribution in [0, 0.1) is 10.1 Å². The summed E-state index contributed by atoms with van der Waals surface area (Å²) < 4.78 is 4.90. The van der Waals surface area contributed by atoms with Gasteiger partial charge in [-0.25, -0.2) is 9.78 Å². The van der Waals surface area contributed by atoms with E-state index >= 15 is 0 Å². The van der Waals surface area contributed by atoms with Crippen molar-refractivity contribution in [3.8, 4) is 11.3 Å². The SMILES string of the molecule is CCOC(=O)c1cccc(-c2nccc(N)c2[N+](=O)[O-])c1. The highest BCUT2D eigenvalue weighted by Gasteiger charge is 2.21. The molecule has 0 aliphatic heterocycles. The van der Waals surface area contributed by atoms with Crippen LogP contribution in [-0.2, 0) is 4.74 Å². The molecule has 108 valence electrons. The standard InChI is InChI=1S/C14H13N3O4/c1-2-21-14(18)10-5-3-4-9(8-10)12-13(17(19)20)11(15)6-7-16-12/h3-8H,2H2,1H3,(H2,15,16). The van der Waals surface area contributed by atoms with Crippen LogP contribution in [0.5, 0.6) is 0 Å². The van der Waals surface area contributed by atoms with Crippen molar-refractivity contribution in [3.63, 3.8) is 0 Å². The van der Waals surface area contributed by atoms with Crippen molar-refractivity contribution in [1.29, 1.82) is 0 Å². The first-order valence-corrected chi connectivity index (χ1v) is 6.21. The smallest absolute Gasteiger partial charge is 0.338 e. The van der Waals surface area contributed by atoms with Crippen LogP contribution < -0.4 is 5.73 Å². The third-order valence-corrected chi connectivity index (χ3v) is 2.79. The fourth-order valence-corrected chi connectivity index (χ4v) is 1.88. The summed E-state index contributed by atoms with van der Waals surface area (Å²) in [5.41, 5.74) is 6.22. The van der Waals surface area contributed by atoms with Gasteiger partial charge in [0.05, 0.1) is 17.1 Å². The normalized spacial score (nSPS) is 10.1. The van der Waals surface area contributed by atoms with Gasteiger partial charge in [0, 0.05) is 11.8 Å². The van der Waals surface area contributed by atoms with Crippen LogP contribution in [-0.4, -0.2) is 22.5 Å². The van der Waals surface area contributed by atoms with Crippen molar-refractivity contribution < 1.29 is 14.5 Å². The molecule has 2 aromatic rings. The zero-order valence-corrected chi connectivity index (χ0v) is 11.3. The third-order valence-electron chi connectivity index (χ3n) is 2.79. The number of hydrogen-bond donors (Lipinski definition) is 1. The lowest BCUT2D eigenvalue weighted by molar-refractivity contribution is -0.383. The highest BCUT2D eigenvalue weighted by Crippen LogP contribution is 2.32. The number of benzene rings is 1. The molecule has 0 aliphatic carbocycles. The van der Waals surface area contributed by atoms with Crippen LogP contribution in [0.4, 0.5) is 11.4 Å². The van der Waals surface area contributed by atoms with E-state index in [1.807, 2.05) is 0 Å². The highest BCUT2D eigenvalue weighted by atomic mass is 16.6. The number of nitrogen functional groups attached to an aromatic ring is 1. The maximum atomic E-state index is 11.7. The lowest BCUT2D eigenvalue weighted by Gasteiger charge is -2.06. The van der Waals surface area contributed by atoms with Gasteiger partial charge in [-0.05, 0) is 25.1 Å². The Morgan fingerprint density at radius 2 is 2.19 bits per heavy atom. The van der Waals surface area contributed by atoms with Crippen LogP contribution in [0.25, 0.3) is 11.3 Å². The van der Waals surface area contributed by atoms with Crippen LogP contribution in [0.2, 0.25) is 0 Å². The molecule has 0 aliphatic rings. The molecule has 0 saturated carbocycles. The molecule has 21 heavy (non-hydrogen) atoms. The predicted molar refractivity (Wildman–Crippen MR) is 76.7 cm³/mol. The van der Waals surface area contributed by atoms with Gasteiger partial charge in [0.15, 0.2) is 0 Å². The van der Waals surface area contributed by atoms with Crippen molar-refractivity contribution >= 4 is 17.3 Å². The molecule has 1 heterocycles. The van der Waals surface area contributed by atoms with Gasteiger partial charge in [0.1, 0.15) is 11.4 Å². The zero-order chi connectivity index (χ0) is 15.4. The van der Waals surface area contributed by atoms with Crippen LogP contribution in [0.3, 0.4) is 0 Å². The summed E-state index contributed by atoms with van der Waals surface area (Å²) in [5.74, 6) is -0.495. The number of nitro groups is 1. The first kappa shape index (κ1) is 14.4. The summed E-state index contributed by atoms with van der Waals surface area (Å²) in [6.45, 7) is 1.95. The van der Waals surface area contributed by atoms with E-state index in [1.54, 1.807) is 25.1 Å². The van der Waals surface area contributed by atoms with E-state index in [0.29, 0.717) is 11.1 Å². The molecule has 0 fully saturated rings. The minimum atomic E-state index is -0.589. The Bertz CT molecular complexity index is 700. The minimum absolute atomic E-state index is 0.0199. The first-order valence-electron chi connectivity index (χ1n) is 6.21. The average molecular weight is 287 g/mol. The van der Waals surface area contributed by atoms with E-state index < -0.39 is 10.9 Å². The Labute approximate surface area is 120 Å². The number of carbonyl (C=O) groups excluding carboxylic acids is 1. The number of aromatic nitrogens is 1. The van der Waals surface area contributed by atoms with E-state index in [-0.39, 0.29) is 23.7 Å². The summed E-state index contributed by atoms with van der Waals surface area (Å²) in [4.78, 5) is 26.3. The first-order chi connectivity index (χ1) is 10.0. The number of anilines is 1. The van der Waals surface area contributed by atoms with E-state index in [1.165, 1.54) is 18.3 Å². The molecule has 2 N–H and O–H groups in total. The number of ether oxygens (including phenoxy) is 1. The number of carbonyl (C=O) groups is 1. The lowest BCUT2D eigenvalue weighted by Crippen LogP contribution is -2.05. The Hall–Kier alpha value is -2.96. The average Bonchev–Trinajstić information content (AvgIpc) is 2.47. The maximum Gasteiger partial charge on any atom is 0.338 e. The van der Waals surface area contributed by atoms with E-state index in [4.69, 9.17) is 10.5 Å². The number of rotatable bonds is 4. The van der Waals surface area contributed by atoms with Gasteiger partial charge in [-0.3, -0.25) is 10.1 Å². The fraction of sp³-hybridized carbons (Fsp3) is 0.143. The van der Waals surface area contributed by atoms with Gasteiger partial charge in [-0.2, -0.15) is 0 Å². The molecule has 7 nitrogen and oxygen atoms in total. The third kappa shape index (κ3) is 2.97. The van der Waals surface area contributed by atoms with E-state index in [9.17, 15) is 14.9 Å². The minimum Gasteiger partial charge on any atom is -0.462 e. The molecule has 0 saturated heterocycles. The Morgan fingerprint density at radius 3 is 2.86 bits per heavy atom. The van der Waals surface area contributed by atoms with E-state index in [0.717, 1.165) is 0 Å². The molecule has 0 spiro atoms. The molecule has 1 aromatic heterocycles. The number of esters is 1. The van der Waals surface area contributed by atoms with Gasteiger partial charge in [-0.1, -0.05) is 12.1 Å². The highest BCUT2D eigenvalue weighted by molar-refractivity contribution is 5.91. The van der Waals surface area contributed by atoms with Gasteiger partial charge >= 0.3 is 11.7 Å². The zero-order valence-electron chi connectivity index (χ0n) is 11.3. The maximum absolute atomic E-state index is 11.7. The molecule has 2 rings (SSSR count). The monoisotopic (exact) mass is 287 g/mol. The molecule has 0 unspecified atom stereocenters. The Morgan fingerprint density at radius 1 is 1.43 bits per heavy atom. The Kier molecular flexibility index (Phi) is 4.13. The topological polar surface area (TPSA) is 108 Å². The lowest BCUT2D eigenvalue weighted by atomic mass is 10.1. The van der Waals surface area contributed by atoms with E-state index in [2.05, 4.69) is 4.98 Å². The van der Waals surface area contributed by atoms with Crippen molar-refractivity contribution in [1.82, 2.24) is 4.98 Å². The largest absolute Gasteiger partial charge is 0.462 e. The van der Waals surface area contributed by atoms with Gasteiger partial charge < -0.3 is 10.5 Å². The van der Waals surface area contributed by atoms with Gasteiger partial charge in [0.25, 0.3) is 0 Å². The summed E-state index contributed by atoms with van der Waals surface area (Å²) in [6.07, 6.45) is 1.38. The fourth-order valence-electron chi connectivity index (χ4n) is 1.88. The Balaban J connectivity index is 2.53. The molecule has 0 bridgehead atoms. The summed E-state index contributed by atoms with van der Waals surface area (Å²) >= 11 is 0. The molecule has 7 heteroatoms. The van der Waals surface area contributed by atoms with Crippen molar-refractivity contribution in [2.24, 2.45) is 0 Å². The molecular formula is C14H13N3O4. The number of hydrogen-bond acceptors (Lipinski definition) is 6. The molecule has 1 aromatic carbocycles. The number of nitrogens with two attached hydrogens (primary N) is 1. The van der Waals surface area contributed by atoms with Gasteiger partial charge in [-0.15, -0.1) is 0 Å². The second-order valence-electron chi connectivity index (χ2n) is 4.16. The second kappa shape index (κ2) is 6.00. The van der Waals surface area contributed by atoms with Gasteiger partial charge in [0.2, 0.25) is 0 Å². The van der Waals surface area contributed by atoms with Crippen molar-refractivity contribution in [3.05, 3.63) is 52.2 Å². The predicted octanol–water partition coefficient (Wildman–Crippen LogP) is 2.42. The summed E-state index contributed by atoms with van der Waals surface area (Å²) in [7, 11) is 0. The number of pyridine rings is 1. The number of nitrogens with zero attached hydrogens (tertiary/aromatic N) is 2. The summed E-state index contributed by atoms with van der Waals surface area (Å²) in [5, 5.41) is 11.1. The van der Waals surface area contributed by atoms with Crippen molar-refractivity contribution in [2.45, 2.75) is 6.92 Å². The molecule has 0 amide bonds. The van der Waals surface area contributed by atoms with Crippen molar-refractivity contribution in [2.75, 3.05) is 12.3 Å². The van der Waals surface area contributed by atoms with Crippen LogP contribution in [0.15, 0.2) is 36.5 Å². The van der Waals surface area contributed by atoms with Crippen LogP contribution in [0.1, 0.15) is 17.3 Å². The molecule has 0 radical (unpaired) electrons. The molecule has 0 atom stereocenters. The molecular weight excluding hydrogens is 274 g/mol. The second-order valence-corrected chi connectivity index (χ2v) is 4.16. The van der Waals surface area contributed by atoms with Crippen LogP contribution >= 0.6 is 0 Å². The quantitative estimate of drug-likeness (QED) is 0.525.